The summed E-state index contributed by atoms with van der Waals surface area (Å²) in [6.07, 6.45) is 0. The van der Waals surface area contributed by atoms with E-state index >= 15 is 0 Å². The first-order chi connectivity index (χ1) is 7.58. The molecule has 1 heterocycles. The van der Waals surface area contributed by atoms with E-state index in [0.717, 1.165) is 11.3 Å². The van der Waals surface area contributed by atoms with E-state index in [-0.39, 0.29) is 11.8 Å². The number of halogens is 1. The van der Waals surface area contributed by atoms with Crippen LogP contribution in [-0.2, 0) is 11.3 Å². The van der Waals surface area contributed by atoms with Gasteiger partial charge in [0.25, 0.3) is 5.91 Å². The Bertz CT molecular complexity index is 439. The first kappa shape index (κ1) is 11.1. The van der Waals surface area contributed by atoms with E-state index in [2.05, 4.69) is 5.10 Å². The van der Waals surface area contributed by atoms with Crippen LogP contribution in [0.5, 0.6) is 0 Å². The summed E-state index contributed by atoms with van der Waals surface area (Å²) in [5.74, 6) is -0.0280. The quantitative estimate of drug-likeness (QED) is 0.777. The fraction of sp³-hybridized carbons (Fsp3) is 0.333. The average molecular weight is 237 g/mol. The molecule has 0 saturated heterocycles. The summed E-state index contributed by atoms with van der Waals surface area (Å²) in [5, 5.41) is 6.45. The van der Waals surface area contributed by atoms with Gasteiger partial charge in [-0.25, -0.2) is 5.01 Å². The molecule has 0 aliphatic carbocycles. The summed E-state index contributed by atoms with van der Waals surface area (Å²) >= 11 is 5.80. The van der Waals surface area contributed by atoms with E-state index in [1.807, 2.05) is 38.1 Å². The van der Waals surface area contributed by atoms with Gasteiger partial charge >= 0.3 is 0 Å². The Morgan fingerprint density at radius 1 is 1.38 bits per heavy atom. The molecule has 1 aliphatic rings. The molecule has 0 spiro atoms. The minimum Gasteiger partial charge on any atom is -0.272 e. The molecule has 16 heavy (non-hydrogen) atoms. The monoisotopic (exact) mass is 236 g/mol. The second kappa shape index (κ2) is 4.26. The van der Waals surface area contributed by atoms with Crippen LogP contribution in [0.1, 0.15) is 19.4 Å². The lowest BCUT2D eigenvalue weighted by Gasteiger charge is -2.12. The minimum atomic E-state index is -0.0905. The van der Waals surface area contributed by atoms with Gasteiger partial charge in [0.1, 0.15) is 0 Å². The first-order valence-electron chi connectivity index (χ1n) is 5.19. The molecule has 84 valence electrons. The third-order valence-electron chi connectivity index (χ3n) is 2.78. The summed E-state index contributed by atoms with van der Waals surface area (Å²) in [6, 6.07) is 7.45. The van der Waals surface area contributed by atoms with Crippen molar-refractivity contribution >= 4 is 23.2 Å². The summed E-state index contributed by atoms with van der Waals surface area (Å²) in [5.41, 5.74) is 1.90. The van der Waals surface area contributed by atoms with Crippen molar-refractivity contribution in [2.45, 2.75) is 20.4 Å². The highest BCUT2D eigenvalue weighted by molar-refractivity contribution is 6.30. The number of carbonyl (C=O) groups is 1. The SMILES string of the molecule is CC1=NN(Cc2ccc(Cl)cc2)C(=O)C1C. The summed E-state index contributed by atoms with van der Waals surface area (Å²) < 4.78 is 0. The number of benzene rings is 1. The zero-order valence-corrected chi connectivity index (χ0v) is 10.0. The Kier molecular flexibility index (Phi) is 2.97. The fourth-order valence-corrected chi connectivity index (χ4v) is 1.73. The molecule has 1 unspecified atom stereocenters. The Morgan fingerprint density at radius 3 is 2.50 bits per heavy atom. The van der Waals surface area contributed by atoms with Crippen molar-refractivity contribution in [3.05, 3.63) is 34.9 Å². The van der Waals surface area contributed by atoms with Gasteiger partial charge in [0, 0.05) is 10.7 Å². The fourth-order valence-electron chi connectivity index (χ4n) is 1.60. The summed E-state index contributed by atoms with van der Waals surface area (Å²) in [4.78, 5) is 11.8. The minimum absolute atomic E-state index is 0.0625. The number of hydrazone groups is 1. The number of carbonyl (C=O) groups excluding carboxylic acids is 1. The normalized spacial score (nSPS) is 20.2. The maximum absolute atomic E-state index is 11.8. The lowest BCUT2D eigenvalue weighted by Crippen LogP contribution is -2.25. The predicted molar refractivity (Wildman–Crippen MR) is 64.3 cm³/mol. The molecular formula is C12H13ClN2O. The van der Waals surface area contributed by atoms with Gasteiger partial charge in [-0.05, 0) is 31.5 Å². The highest BCUT2D eigenvalue weighted by Gasteiger charge is 2.29. The molecule has 1 aromatic rings. The van der Waals surface area contributed by atoms with Crippen molar-refractivity contribution in [1.29, 1.82) is 0 Å². The molecule has 0 bridgehead atoms. The van der Waals surface area contributed by atoms with Crippen LogP contribution < -0.4 is 0 Å². The molecule has 1 amide bonds. The van der Waals surface area contributed by atoms with Crippen LogP contribution in [0.2, 0.25) is 5.02 Å². The Morgan fingerprint density at radius 2 is 2.00 bits per heavy atom. The van der Waals surface area contributed by atoms with Crippen LogP contribution in [0.3, 0.4) is 0 Å². The lowest BCUT2D eigenvalue weighted by atomic mass is 10.1. The van der Waals surface area contributed by atoms with Gasteiger partial charge in [0.05, 0.1) is 12.5 Å². The predicted octanol–water partition coefficient (Wildman–Crippen LogP) is 2.69. The van der Waals surface area contributed by atoms with Gasteiger partial charge in [-0.1, -0.05) is 23.7 Å². The number of hydrogen-bond donors (Lipinski definition) is 0. The van der Waals surface area contributed by atoms with E-state index in [1.54, 1.807) is 0 Å². The van der Waals surface area contributed by atoms with Crippen LogP contribution in [0.25, 0.3) is 0 Å². The van der Waals surface area contributed by atoms with Crippen molar-refractivity contribution in [3.63, 3.8) is 0 Å². The van der Waals surface area contributed by atoms with Crippen LogP contribution in [-0.4, -0.2) is 16.6 Å². The zero-order chi connectivity index (χ0) is 11.7. The first-order valence-corrected chi connectivity index (χ1v) is 5.56. The maximum Gasteiger partial charge on any atom is 0.251 e. The molecular weight excluding hydrogens is 224 g/mol. The van der Waals surface area contributed by atoms with E-state index in [0.29, 0.717) is 11.6 Å². The molecule has 1 aromatic carbocycles. The van der Waals surface area contributed by atoms with Crippen LogP contribution >= 0.6 is 11.6 Å². The molecule has 0 radical (unpaired) electrons. The number of rotatable bonds is 2. The van der Waals surface area contributed by atoms with Crippen LogP contribution in [0.4, 0.5) is 0 Å². The van der Waals surface area contributed by atoms with Crippen molar-refractivity contribution < 1.29 is 4.79 Å². The summed E-state index contributed by atoms with van der Waals surface area (Å²) in [6.45, 7) is 4.27. The van der Waals surface area contributed by atoms with Crippen molar-refractivity contribution in [3.8, 4) is 0 Å². The molecule has 2 rings (SSSR count). The molecule has 1 aliphatic heterocycles. The van der Waals surface area contributed by atoms with Gasteiger partial charge in [-0.15, -0.1) is 0 Å². The third kappa shape index (κ3) is 2.09. The van der Waals surface area contributed by atoms with Crippen molar-refractivity contribution in [2.75, 3.05) is 0 Å². The molecule has 1 atom stereocenters. The second-order valence-corrected chi connectivity index (χ2v) is 4.42. The standard InChI is InChI=1S/C12H13ClN2O/c1-8-9(2)14-15(12(8)16)7-10-3-5-11(13)6-4-10/h3-6,8H,7H2,1-2H3. The zero-order valence-electron chi connectivity index (χ0n) is 9.27. The Balaban J connectivity index is 2.12. The van der Waals surface area contributed by atoms with Crippen molar-refractivity contribution in [1.82, 2.24) is 5.01 Å². The van der Waals surface area contributed by atoms with Crippen LogP contribution in [0, 0.1) is 5.92 Å². The van der Waals surface area contributed by atoms with E-state index in [9.17, 15) is 4.79 Å². The van der Waals surface area contributed by atoms with E-state index < -0.39 is 0 Å². The van der Waals surface area contributed by atoms with E-state index in [1.165, 1.54) is 5.01 Å². The molecule has 4 heteroatoms. The van der Waals surface area contributed by atoms with Crippen LogP contribution in [0.15, 0.2) is 29.4 Å². The third-order valence-corrected chi connectivity index (χ3v) is 3.03. The Hall–Kier alpha value is -1.35. The highest BCUT2D eigenvalue weighted by atomic mass is 35.5. The smallest absolute Gasteiger partial charge is 0.251 e. The number of amides is 1. The van der Waals surface area contributed by atoms with E-state index in [4.69, 9.17) is 11.6 Å². The number of hydrogen-bond acceptors (Lipinski definition) is 2. The molecule has 0 saturated carbocycles. The number of nitrogens with zero attached hydrogens (tertiary/aromatic N) is 2. The Labute approximate surface area is 99.7 Å². The van der Waals surface area contributed by atoms with Crippen molar-refractivity contribution in [2.24, 2.45) is 11.0 Å². The van der Waals surface area contributed by atoms with Gasteiger partial charge in [0.15, 0.2) is 0 Å². The molecule has 0 aromatic heterocycles. The molecule has 0 fully saturated rings. The molecule has 0 N–H and O–H groups in total. The second-order valence-electron chi connectivity index (χ2n) is 3.99. The highest BCUT2D eigenvalue weighted by Crippen LogP contribution is 2.18. The molecule has 3 nitrogen and oxygen atoms in total. The lowest BCUT2D eigenvalue weighted by molar-refractivity contribution is -0.131. The van der Waals surface area contributed by atoms with Gasteiger partial charge in [-0.3, -0.25) is 4.79 Å². The average Bonchev–Trinajstić information content (AvgIpc) is 2.50. The topological polar surface area (TPSA) is 32.7 Å². The van der Waals surface area contributed by atoms with Gasteiger partial charge in [-0.2, -0.15) is 5.10 Å². The summed E-state index contributed by atoms with van der Waals surface area (Å²) in [7, 11) is 0. The maximum atomic E-state index is 11.8. The van der Waals surface area contributed by atoms with Gasteiger partial charge < -0.3 is 0 Å². The largest absolute Gasteiger partial charge is 0.272 e. The van der Waals surface area contributed by atoms with Gasteiger partial charge in [0.2, 0.25) is 0 Å².